The smallest absolute Gasteiger partial charge is 0.295 e. The molecule has 8 heteroatoms. The van der Waals surface area contributed by atoms with E-state index in [-0.39, 0.29) is 23.4 Å². The number of Topliss-reactive ketones (excluding diaryl/α,β-unsaturated/α-hetero) is 1. The monoisotopic (exact) mass is 460 g/mol. The van der Waals surface area contributed by atoms with Gasteiger partial charge in [-0.1, -0.05) is 37.6 Å². The molecule has 1 heterocycles. The molecule has 2 aromatic rings. The summed E-state index contributed by atoms with van der Waals surface area (Å²) >= 11 is 6.03. The van der Waals surface area contributed by atoms with Crippen LogP contribution in [0.25, 0.3) is 5.76 Å². The first kappa shape index (κ1) is 23.8. The molecule has 1 aliphatic heterocycles. The number of ketones is 1. The molecule has 1 N–H and O–H groups in total. The zero-order chi connectivity index (χ0) is 23.4. The lowest BCUT2D eigenvalue weighted by molar-refractivity contribution is -0.140. The van der Waals surface area contributed by atoms with Crippen molar-refractivity contribution in [2.75, 3.05) is 33.3 Å². The first-order chi connectivity index (χ1) is 15.3. The molecular weight excluding hydrogens is 435 g/mol. The number of halogens is 2. The highest BCUT2D eigenvalue weighted by atomic mass is 35.5. The fraction of sp³-hybridized carbons (Fsp3) is 0.333. The second kappa shape index (κ2) is 10.1. The predicted molar refractivity (Wildman–Crippen MR) is 121 cm³/mol. The number of carbonyl (C=O) groups is 2. The van der Waals surface area contributed by atoms with E-state index in [1.165, 1.54) is 24.1 Å². The van der Waals surface area contributed by atoms with E-state index in [1.54, 1.807) is 24.3 Å². The summed E-state index contributed by atoms with van der Waals surface area (Å²) < 4.78 is 19.2. The van der Waals surface area contributed by atoms with Crippen LogP contribution in [-0.2, 0) is 9.59 Å². The van der Waals surface area contributed by atoms with Crippen molar-refractivity contribution in [1.29, 1.82) is 0 Å². The van der Waals surface area contributed by atoms with E-state index in [0.717, 1.165) is 19.2 Å². The van der Waals surface area contributed by atoms with E-state index in [9.17, 15) is 19.1 Å². The van der Waals surface area contributed by atoms with Gasteiger partial charge in [0.25, 0.3) is 11.7 Å². The van der Waals surface area contributed by atoms with Crippen LogP contribution in [0.15, 0.2) is 48.0 Å². The summed E-state index contributed by atoms with van der Waals surface area (Å²) in [5.74, 6) is -2.44. The summed E-state index contributed by atoms with van der Waals surface area (Å²) in [4.78, 5) is 29.6. The normalized spacial score (nSPS) is 17.9. The van der Waals surface area contributed by atoms with Crippen molar-refractivity contribution in [3.8, 4) is 5.75 Å². The van der Waals surface area contributed by atoms with Crippen LogP contribution >= 0.6 is 11.6 Å². The highest BCUT2D eigenvalue weighted by Gasteiger charge is 2.46. The van der Waals surface area contributed by atoms with Gasteiger partial charge in [-0.15, -0.1) is 0 Å². The van der Waals surface area contributed by atoms with Gasteiger partial charge >= 0.3 is 0 Å². The molecule has 0 aliphatic carbocycles. The molecule has 0 spiro atoms. The van der Waals surface area contributed by atoms with E-state index in [0.29, 0.717) is 17.1 Å². The molecule has 0 radical (unpaired) electrons. The molecule has 1 unspecified atom stereocenters. The second-order valence-corrected chi connectivity index (χ2v) is 7.85. The van der Waals surface area contributed by atoms with Gasteiger partial charge in [0.15, 0.2) is 0 Å². The van der Waals surface area contributed by atoms with E-state index >= 15 is 0 Å². The molecule has 0 saturated carbocycles. The number of methoxy groups -OCH3 is 1. The summed E-state index contributed by atoms with van der Waals surface area (Å²) in [5, 5.41) is 11.6. The number of hydrogen-bond donors (Lipinski definition) is 1. The van der Waals surface area contributed by atoms with Crippen LogP contribution in [0, 0.1) is 5.82 Å². The summed E-state index contributed by atoms with van der Waals surface area (Å²) in [6.07, 6.45) is 0. The number of amides is 1. The summed E-state index contributed by atoms with van der Waals surface area (Å²) in [5.41, 5.74) is 0.513. The zero-order valence-electron chi connectivity index (χ0n) is 18.3. The molecule has 1 fully saturated rings. The van der Waals surface area contributed by atoms with Crippen LogP contribution in [0.1, 0.15) is 31.0 Å². The third-order valence-electron chi connectivity index (χ3n) is 5.69. The molecule has 0 bridgehead atoms. The number of aliphatic hydroxyl groups is 1. The van der Waals surface area contributed by atoms with Crippen LogP contribution < -0.4 is 4.74 Å². The number of likely N-dealkylation sites (tertiary alicyclic amines) is 1. The van der Waals surface area contributed by atoms with Crippen molar-refractivity contribution < 1.29 is 23.8 Å². The van der Waals surface area contributed by atoms with Crippen LogP contribution in [-0.4, -0.2) is 59.9 Å². The molecule has 32 heavy (non-hydrogen) atoms. The lowest BCUT2D eigenvalue weighted by Gasteiger charge is -2.28. The highest BCUT2D eigenvalue weighted by molar-refractivity contribution is 6.46. The average Bonchev–Trinajstić information content (AvgIpc) is 3.04. The Bertz CT molecular complexity index is 1030. The van der Waals surface area contributed by atoms with Crippen molar-refractivity contribution in [3.05, 3.63) is 70.0 Å². The number of ether oxygens (including phenoxy) is 1. The molecule has 1 saturated heterocycles. The minimum Gasteiger partial charge on any atom is -0.507 e. The quantitative estimate of drug-likeness (QED) is 0.362. The predicted octanol–water partition coefficient (Wildman–Crippen LogP) is 4.25. The largest absolute Gasteiger partial charge is 0.507 e. The Morgan fingerprint density at radius 1 is 1.16 bits per heavy atom. The van der Waals surface area contributed by atoms with Gasteiger partial charge in [0, 0.05) is 18.1 Å². The molecule has 3 rings (SSSR count). The Labute approximate surface area is 191 Å². The summed E-state index contributed by atoms with van der Waals surface area (Å²) in [7, 11) is 1.38. The summed E-state index contributed by atoms with van der Waals surface area (Å²) in [6.45, 7) is 6.48. The first-order valence-electron chi connectivity index (χ1n) is 10.4. The maximum Gasteiger partial charge on any atom is 0.295 e. The Morgan fingerprint density at radius 3 is 2.41 bits per heavy atom. The molecular formula is C24H26ClFN2O4. The number of benzene rings is 2. The van der Waals surface area contributed by atoms with Crippen LogP contribution in [0.2, 0.25) is 5.02 Å². The van der Waals surface area contributed by atoms with Gasteiger partial charge in [0.1, 0.15) is 17.3 Å². The molecule has 170 valence electrons. The van der Waals surface area contributed by atoms with Crippen molar-refractivity contribution >= 4 is 29.1 Å². The van der Waals surface area contributed by atoms with Gasteiger partial charge < -0.3 is 19.6 Å². The Balaban J connectivity index is 2.15. The van der Waals surface area contributed by atoms with Crippen molar-refractivity contribution in [1.82, 2.24) is 9.80 Å². The van der Waals surface area contributed by atoms with Gasteiger partial charge in [-0.3, -0.25) is 9.59 Å². The second-order valence-electron chi connectivity index (χ2n) is 7.42. The standard InChI is InChI=1S/C24H26ClFN2O4/c1-4-27(5-2)12-13-28-21(15-6-8-16(25)9-7-15)20(23(30)24(28)31)22(29)18-14-17(26)10-11-19(18)32-3/h6-11,14,21,29H,4-5,12-13H2,1-3H3/b22-20+. The molecule has 1 aliphatic rings. The summed E-state index contributed by atoms with van der Waals surface area (Å²) in [6, 6.07) is 9.52. The van der Waals surface area contributed by atoms with Gasteiger partial charge in [0.2, 0.25) is 0 Å². The first-order valence-corrected chi connectivity index (χ1v) is 10.8. The van der Waals surface area contributed by atoms with E-state index < -0.39 is 29.3 Å². The Hall–Kier alpha value is -2.90. The van der Waals surface area contributed by atoms with Gasteiger partial charge in [-0.25, -0.2) is 4.39 Å². The minimum atomic E-state index is -0.837. The van der Waals surface area contributed by atoms with Gasteiger partial charge in [-0.05, 0) is 49.0 Å². The van der Waals surface area contributed by atoms with Crippen LogP contribution in [0.5, 0.6) is 5.75 Å². The zero-order valence-corrected chi connectivity index (χ0v) is 19.0. The minimum absolute atomic E-state index is 0.00760. The Morgan fingerprint density at radius 2 is 1.81 bits per heavy atom. The van der Waals surface area contributed by atoms with Gasteiger partial charge in [0.05, 0.1) is 24.3 Å². The SMILES string of the molecule is CCN(CC)CCN1C(=O)C(=O)/C(=C(/O)c2cc(F)ccc2OC)C1c1ccc(Cl)cc1. The van der Waals surface area contributed by atoms with Crippen molar-refractivity contribution in [2.24, 2.45) is 0 Å². The molecule has 1 atom stereocenters. The van der Waals surface area contributed by atoms with E-state index in [2.05, 4.69) is 4.90 Å². The highest BCUT2D eigenvalue weighted by Crippen LogP contribution is 2.41. The molecule has 0 aromatic heterocycles. The van der Waals surface area contributed by atoms with Crippen molar-refractivity contribution in [2.45, 2.75) is 19.9 Å². The van der Waals surface area contributed by atoms with E-state index in [4.69, 9.17) is 16.3 Å². The Kier molecular flexibility index (Phi) is 7.53. The third-order valence-corrected chi connectivity index (χ3v) is 5.95. The maximum atomic E-state index is 14.0. The number of rotatable bonds is 8. The molecule has 2 aromatic carbocycles. The number of aliphatic hydroxyl groups excluding tert-OH is 1. The lowest BCUT2D eigenvalue weighted by atomic mass is 9.95. The van der Waals surface area contributed by atoms with Crippen LogP contribution in [0.4, 0.5) is 4.39 Å². The van der Waals surface area contributed by atoms with E-state index in [1.807, 2.05) is 13.8 Å². The number of carbonyl (C=O) groups excluding carboxylic acids is 2. The number of hydrogen-bond acceptors (Lipinski definition) is 5. The van der Waals surface area contributed by atoms with Crippen molar-refractivity contribution in [3.63, 3.8) is 0 Å². The van der Waals surface area contributed by atoms with Gasteiger partial charge in [-0.2, -0.15) is 0 Å². The van der Waals surface area contributed by atoms with Crippen LogP contribution in [0.3, 0.4) is 0 Å². The third kappa shape index (κ3) is 4.64. The fourth-order valence-electron chi connectivity index (χ4n) is 3.90. The molecule has 6 nitrogen and oxygen atoms in total. The topological polar surface area (TPSA) is 70.1 Å². The molecule has 1 amide bonds. The average molecular weight is 461 g/mol. The maximum absolute atomic E-state index is 14.0. The number of likely N-dealkylation sites (N-methyl/N-ethyl adjacent to an activating group) is 1. The lowest BCUT2D eigenvalue weighted by Crippen LogP contribution is -2.38. The number of nitrogens with zero attached hydrogens (tertiary/aromatic N) is 2. The fourth-order valence-corrected chi connectivity index (χ4v) is 4.03.